The number of hydrogen-bond acceptors (Lipinski definition) is 4. The molecule has 0 saturated heterocycles. The van der Waals surface area contributed by atoms with E-state index in [0.717, 1.165) is 27.7 Å². The highest BCUT2D eigenvalue weighted by Crippen LogP contribution is 2.36. The minimum Gasteiger partial charge on any atom is -0.508 e. The molecular weight excluding hydrogens is 499 g/mol. The van der Waals surface area contributed by atoms with Crippen LogP contribution in [0.4, 0.5) is 9.18 Å². The molecule has 2 amide bonds. The van der Waals surface area contributed by atoms with E-state index >= 15 is 4.39 Å². The summed E-state index contributed by atoms with van der Waals surface area (Å²) in [6.07, 6.45) is 2.36. The van der Waals surface area contributed by atoms with Gasteiger partial charge in [-0.25, -0.2) is 9.18 Å². The fourth-order valence-corrected chi connectivity index (χ4v) is 4.05. The van der Waals surface area contributed by atoms with Crippen molar-refractivity contribution in [1.29, 1.82) is 0 Å². The highest BCUT2D eigenvalue weighted by Gasteiger charge is 2.17. The van der Waals surface area contributed by atoms with Crippen molar-refractivity contribution in [3.63, 3.8) is 0 Å². The second-order valence-electron chi connectivity index (χ2n) is 8.97. The number of rotatable bonds is 11. The Labute approximate surface area is 228 Å². The van der Waals surface area contributed by atoms with E-state index in [0.29, 0.717) is 23.3 Å². The fraction of sp³-hybridized carbons (Fsp3) is 0.226. The van der Waals surface area contributed by atoms with Crippen molar-refractivity contribution < 1.29 is 28.9 Å². The topological polar surface area (TPSA) is 90.3 Å². The Morgan fingerprint density at radius 2 is 1.67 bits per heavy atom. The molecule has 0 aromatic heterocycles. The van der Waals surface area contributed by atoms with E-state index in [4.69, 9.17) is 4.74 Å². The molecule has 0 aliphatic heterocycles. The van der Waals surface area contributed by atoms with Crippen molar-refractivity contribution in [2.45, 2.75) is 13.3 Å². The van der Waals surface area contributed by atoms with Crippen molar-refractivity contribution in [1.82, 2.24) is 9.80 Å². The SMILES string of the molecule is CCC(=C(c1ccc(OCCN(CC=CC(=O)N(C)C)C(=O)O)cc1)c1ccc(O)cc1F)c1ccccc1. The maximum absolute atomic E-state index is 15.1. The lowest BCUT2D eigenvalue weighted by Gasteiger charge is -2.19. The molecule has 0 spiro atoms. The van der Waals surface area contributed by atoms with Crippen LogP contribution in [-0.2, 0) is 4.79 Å². The second-order valence-corrected chi connectivity index (χ2v) is 8.97. The van der Waals surface area contributed by atoms with E-state index in [2.05, 4.69) is 0 Å². The van der Waals surface area contributed by atoms with Crippen LogP contribution in [0, 0.1) is 5.82 Å². The van der Waals surface area contributed by atoms with Crippen LogP contribution in [0.3, 0.4) is 0 Å². The number of amides is 2. The van der Waals surface area contributed by atoms with Crippen LogP contribution in [0.5, 0.6) is 11.5 Å². The van der Waals surface area contributed by atoms with E-state index in [9.17, 15) is 19.8 Å². The molecule has 0 atom stereocenters. The monoisotopic (exact) mass is 532 g/mol. The summed E-state index contributed by atoms with van der Waals surface area (Å²) in [6, 6.07) is 21.1. The molecule has 39 heavy (non-hydrogen) atoms. The summed E-state index contributed by atoms with van der Waals surface area (Å²) in [5, 5.41) is 19.2. The zero-order valence-corrected chi connectivity index (χ0v) is 22.3. The molecule has 0 unspecified atom stereocenters. The van der Waals surface area contributed by atoms with Gasteiger partial charge in [0.25, 0.3) is 0 Å². The quantitative estimate of drug-likeness (QED) is 0.237. The number of aromatic hydroxyl groups is 1. The van der Waals surface area contributed by atoms with Gasteiger partial charge in [0.05, 0.1) is 6.54 Å². The molecule has 0 fully saturated rings. The molecule has 0 aliphatic rings. The molecule has 8 heteroatoms. The molecule has 3 rings (SSSR count). The molecular formula is C31H33FN2O5. The molecule has 0 bridgehead atoms. The molecule has 204 valence electrons. The smallest absolute Gasteiger partial charge is 0.407 e. The first-order chi connectivity index (χ1) is 18.7. The first kappa shape index (κ1) is 29.0. The maximum atomic E-state index is 15.1. The van der Waals surface area contributed by atoms with Crippen LogP contribution in [0.1, 0.15) is 30.0 Å². The van der Waals surface area contributed by atoms with Gasteiger partial charge in [0, 0.05) is 38.3 Å². The molecule has 0 heterocycles. The van der Waals surface area contributed by atoms with Crippen molar-refractivity contribution in [2.75, 3.05) is 33.8 Å². The number of phenols is 1. The summed E-state index contributed by atoms with van der Waals surface area (Å²) in [7, 11) is 3.23. The first-order valence-electron chi connectivity index (χ1n) is 12.6. The fourth-order valence-electron chi connectivity index (χ4n) is 4.05. The van der Waals surface area contributed by atoms with Gasteiger partial charge < -0.3 is 24.7 Å². The average molecular weight is 533 g/mol. The van der Waals surface area contributed by atoms with Gasteiger partial charge in [-0.3, -0.25) is 4.79 Å². The number of phenolic OH excluding ortho intramolecular Hbond substituents is 1. The molecule has 0 aliphatic carbocycles. The van der Waals surface area contributed by atoms with Crippen LogP contribution >= 0.6 is 0 Å². The van der Waals surface area contributed by atoms with Gasteiger partial charge in [-0.2, -0.15) is 0 Å². The maximum Gasteiger partial charge on any atom is 0.407 e. The number of nitrogens with zero attached hydrogens (tertiary/aromatic N) is 2. The summed E-state index contributed by atoms with van der Waals surface area (Å²) >= 11 is 0. The first-order valence-corrected chi connectivity index (χ1v) is 12.6. The van der Waals surface area contributed by atoms with Crippen LogP contribution < -0.4 is 4.74 Å². The van der Waals surface area contributed by atoms with E-state index in [1.54, 1.807) is 32.3 Å². The van der Waals surface area contributed by atoms with Gasteiger partial charge in [0.1, 0.15) is 23.9 Å². The Kier molecular flexibility index (Phi) is 10.3. The molecule has 3 aromatic rings. The predicted molar refractivity (Wildman–Crippen MR) is 150 cm³/mol. The number of carboxylic acid groups (broad SMARTS) is 1. The summed E-state index contributed by atoms with van der Waals surface area (Å²) < 4.78 is 20.8. The lowest BCUT2D eigenvalue weighted by Crippen LogP contribution is -2.33. The molecule has 7 nitrogen and oxygen atoms in total. The number of likely N-dealkylation sites (N-methyl/N-ethyl adjacent to an activating group) is 1. The molecule has 0 radical (unpaired) electrons. The summed E-state index contributed by atoms with van der Waals surface area (Å²) in [5.41, 5.74) is 3.78. The third-order valence-electron chi connectivity index (χ3n) is 6.07. The molecule has 3 aromatic carbocycles. The molecule has 0 saturated carbocycles. The Bertz CT molecular complexity index is 1330. The minimum atomic E-state index is -1.12. The van der Waals surface area contributed by atoms with Crippen LogP contribution in [0.2, 0.25) is 0 Å². The van der Waals surface area contributed by atoms with Crippen LogP contribution in [0.15, 0.2) is 84.9 Å². The normalized spacial score (nSPS) is 11.7. The highest BCUT2D eigenvalue weighted by atomic mass is 19.1. The average Bonchev–Trinajstić information content (AvgIpc) is 2.92. The lowest BCUT2D eigenvalue weighted by molar-refractivity contribution is -0.123. The van der Waals surface area contributed by atoms with E-state index in [-0.39, 0.29) is 31.4 Å². The number of allylic oxidation sites excluding steroid dienone is 1. The second kappa shape index (κ2) is 13.8. The Hall–Kier alpha value is -4.59. The van der Waals surface area contributed by atoms with Gasteiger partial charge in [-0.1, -0.05) is 55.5 Å². The zero-order valence-electron chi connectivity index (χ0n) is 22.3. The van der Waals surface area contributed by atoms with Gasteiger partial charge in [-0.05, 0) is 53.0 Å². The number of benzene rings is 3. The van der Waals surface area contributed by atoms with E-state index in [1.807, 2.05) is 49.4 Å². The number of hydrogen-bond donors (Lipinski definition) is 2. The number of carbonyl (C=O) groups excluding carboxylic acids is 1. The van der Waals surface area contributed by atoms with Gasteiger partial charge in [-0.15, -0.1) is 0 Å². The highest BCUT2D eigenvalue weighted by molar-refractivity contribution is 5.98. The Morgan fingerprint density at radius 3 is 2.26 bits per heavy atom. The van der Waals surface area contributed by atoms with Crippen molar-refractivity contribution in [3.8, 4) is 11.5 Å². The largest absolute Gasteiger partial charge is 0.508 e. The summed E-state index contributed by atoms with van der Waals surface area (Å²) in [4.78, 5) is 25.7. The third kappa shape index (κ3) is 7.95. The van der Waals surface area contributed by atoms with E-state index < -0.39 is 11.9 Å². The van der Waals surface area contributed by atoms with Crippen LogP contribution in [-0.4, -0.2) is 65.8 Å². The third-order valence-corrected chi connectivity index (χ3v) is 6.07. The van der Waals surface area contributed by atoms with Gasteiger partial charge in [0.2, 0.25) is 5.91 Å². The van der Waals surface area contributed by atoms with Crippen molar-refractivity contribution in [2.24, 2.45) is 0 Å². The predicted octanol–water partition coefficient (Wildman–Crippen LogP) is 5.90. The standard InChI is InChI=1S/C31H33FN2O5/c1-4-26(22-9-6-5-7-10-22)30(27-17-14-24(35)21-28(27)32)23-12-15-25(16-13-23)39-20-19-34(31(37)38)18-8-11-29(36)33(2)3/h5-17,21,35H,4,18-20H2,1-3H3,(H,37,38). The summed E-state index contributed by atoms with van der Waals surface area (Å²) in [5.74, 6) is -0.365. The number of halogens is 1. The van der Waals surface area contributed by atoms with Crippen molar-refractivity contribution in [3.05, 3.63) is 107 Å². The summed E-state index contributed by atoms with van der Waals surface area (Å²) in [6.45, 7) is 2.29. The lowest BCUT2D eigenvalue weighted by atomic mass is 9.88. The van der Waals surface area contributed by atoms with Gasteiger partial charge in [0.15, 0.2) is 0 Å². The van der Waals surface area contributed by atoms with Crippen LogP contribution in [0.25, 0.3) is 11.1 Å². The van der Waals surface area contributed by atoms with Crippen molar-refractivity contribution >= 4 is 23.1 Å². The molecule has 2 N–H and O–H groups in total. The minimum absolute atomic E-state index is 0.0584. The Morgan fingerprint density at radius 1 is 0.974 bits per heavy atom. The number of ether oxygens (including phenoxy) is 1. The van der Waals surface area contributed by atoms with E-state index in [1.165, 1.54) is 23.1 Å². The number of carbonyl (C=O) groups is 2. The Balaban J connectivity index is 1.81. The van der Waals surface area contributed by atoms with Gasteiger partial charge >= 0.3 is 6.09 Å². The zero-order chi connectivity index (χ0) is 28.4.